The molecule has 0 saturated carbocycles. The van der Waals surface area contributed by atoms with Crippen LogP contribution in [0.4, 0.5) is 0 Å². The van der Waals surface area contributed by atoms with Gasteiger partial charge >= 0.3 is 12.9 Å². The van der Waals surface area contributed by atoms with Crippen molar-refractivity contribution in [3.8, 4) is 0 Å². The molecule has 2 rings (SSSR count). The van der Waals surface area contributed by atoms with Gasteiger partial charge in [-0.15, -0.1) is 0 Å². The van der Waals surface area contributed by atoms with Gasteiger partial charge in [0.2, 0.25) is 0 Å². The van der Waals surface area contributed by atoms with E-state index in [2.05, 4.69) is 5.32 Å². The lowest BCUT2D eigenvalue weighted by Gasteiger charge is -2.38. The van der Waals surface area contributed by atoms with Crippen LogP contribution in [0.25, 0.3) is 0 Å². The summed E-state index contributed by atoms with van der Waals surface area (Å²) in [6.07, 6.45) is 1.38. The van der Waals surface area contributed by atoms with Crippen LogP contribution in [0.3, 0.4) is 0 Å². The molecule has 0 bridgehead atoms. The van der Waals surface area contributed by atoms with Crippen LogP contribution in [0.15, 0.2) is 30.3 Å². The monoisotopic (exact) mass is 291 g/mol. The fourth-order valence-corrected chi connectivity index (χ4v) is 3.27. The molecule has 5 nitrogen and oxygen atoms in total. The molecule has 0 aliphatic carbocycles. The lowest BCUT2D eigenvalue weighted by molar-refractivity contribution is -0.138. The molecule has 0 radical (unpaired) electrons. The number of hydrogen-bond donors (Lipinski definition) is 3. The molecule has 3 N–H and O–H groups in total. The molecule has 1 aromatic rings. The van der Waals surface area contributed by atoms with Gasteiger partial charge in [-0.05, 0) is 30.1 Å². The SMILES string of the molecule is COCNC1B(O)C[C@H](CC(=O)O)CC1c1ccccc1. The van der Waals surface area contributed by atoms with Crippen LogP contribution in [0.2, 0.25) is 6.32 Å². The Kier molecular flexibility index (Phi) is 5.79. The minimum absolute atomic E-state index is 0.00306. The quantitative estimate of drug-likeness (QED) is 0.544. The van der Waals surface area contributed by atoms with Crippen molar-refractivity contribution in [2.24, 2.45) is 5.92 Å². The van der Waals surface area contributed by atoms with Gasteiger partial charge in [-0.3, -0.25) is 10.1 Å². The molecular formula is C15H22BNO4. The Morgan fingerprint density at radius 1 is 1.43 bits per heavy atom. The van der Waals surface area contributed by atoms with Gasteiger partial charge in [0.15, 0.2) is 0 Å². The van der Waals surface area contributed by atoms with Crippen molar-refractivity contribution in [1.29, 1.82) is 0 Å². The molecule has 0 aromatic heterocycles. The Morgan fingerprint density at radius 2 is 2.14 bits per heavy atom. The molecule has 114 valence electrons. The third kappa shape index (κ3) is 4.30. The summed E-state index contributed by atoms with van der Waals surface area (Å²) in [4.78, 5) is 11.0. The molecule has 2 unspecified atom stereocenters. The van der Waals surface area contributed by atoms with Crippen LogP contribution < -0.4 is 5.32 Å². The van der Waals surface area contributed by atoms with Crippen molar-refractivity contribution in [3.63, 3.8) is 0 Å². The summed E-state index contributed by atoms with van der Waals surface area (Å²) in [6, 6.07) is 9.95. The lowest BCUT2D eigenvalue weighted by Crippen LogP contribution is -2.52. The maximum atomic E-state index is 11.0. The van der Waals surface area contributed by atoms with Crippen molar-refractivity contribution >= 4 is 12.9 Å². The number of rotatable bonds is 6. The zero-order valence-corrected chi connectivity index (χ0v) is 12.2. The number of hydrogen-bond acceptors (Lipinski definition) is 4. The standard InChI is InChI=1S/C15H22BNO4/c1-21-10-17-15-13(12-5-3-2-4-6-12)7-11(8-14(18)19)9-16(15)20/h2-6,11,13,15,17,20H,7-10H2,1H3,(H,18,19)/t11-,13?,15?/m0/s1. The van der Waals surface area contributed by atoms with Crippen molar-refractivity contribution < 1.29 is 19.7 Å². The maximum Gasteiger partial charge on any atom is 0.307 e. The molecule has 0 spiro atoms. The number of carboxylic acids is 1. The van der Waals surface area contributed by atoms with E-state index in [-0.39, 0.29) is 24.2 Å². The van der Waals surface area contributed by atoms with Crippen molar-refractivity contribution in [1.82, 2.24) is 5.32 Å². The van der Waals surface area contributed by atoms with Crippen LogP contribution in [-0.4, -0.2) is 42.8 Å². The maximum absolute atomic E-state index is 11.0. The smallest absolute Gasteiger partial charge is 0.307 e. The number of carbonyl (C=O) groups is 1. The number of benzene rings is 1. The van der Waals surface area contributed by atoms with E-state index >= 15 is 0 Å². The first-order valence-corrected chi connectivity index (χ1v) is 7.29. The fourth-order valence-electron chi connectivity index (χ4n) is 3.27. The Hall–Kier alpha value is -1.37. The van der Waals surface area contributed by atoms with E-state index in [1.807, 2.05) is 30.3 Å². The molecule has 3 atom stereocenters. The number of ether oxygens (including phenoxy) is 1. The summed E-state index contributed by atoms with van der Waals surface area (Å²) < 4.78 is 5.05. The Balaban J connectivity index is 2.17. The second-order valence-electron chi connectivity index (χ2n) is 5.68. The molecule has 0 amide bonds. The van der Waals surface area contributed by atoms with E-state index in [0.29, 0.717) is 13.1 Å². The number of aliphatic carboxylic acids is 1. The van der Waals surface area contributed by atoms with Crippen molar-refractivity contribution in [3.05, 3.63) is 35.9 Å². The summed E-state index contributed by atoms with van der Waals surface area (Å²) >= 11 is 0. The Bertz CT molecular complexity index is 456. The zero-order valence-electron chi connectivity index (χ0n) is 12.2. The second-order valence-corrected chi connectivity index (χ2v) is 5.68. The summed E-state index contributed by atoms with van der Waals surface area (Å²) in [5.41, 5.74) is 1.13. The van der Waals surface area contributed by atoms with Crippen LogP contribution in [0, 0.1) is 5.92 Å². The van der Waals surface area contributed by atoms with E-state index in [4.69, 9.17) is 9.84 Å². The van der Waals surface area contributed by atoms with Crippen LogP contribution in [0.5, 0.6) is 0 Å². The molecular weight excluding hydrogens is 269 g/mol. The molecule has 1 aliphatic heterocycles. The molecule has 1 saturated heterocycles. The van der Waals surface area contributed by atoms with Crippen molar-refractivity contribution in [2.75, 3.05) is 13.8 Å². The molecule has 1 fully saturated rings. The van der Waals surface area contributed by atoms with Gasteiger partial charge in [-0.1, -0.05) is 30.3 Å². The highest BCUT2D eigenvalue weighted by Gasteiger charge is 2.40. The van der Waals surface area contributed by atoms with E-state index in [9.17, 15) is 9.82 Å². The minimum Gasteiger partial charge on any atom is -0.481 e. The van der Waals surface area contributed by atoms with Gasteiger partial charge < -0.3 is 14.9 Å². The minimum atomic E-state index is -0.803. The highest BCUT2D eigenvalue weighted by Crippen LogP contribution is 2.37. The molecule has 1 aromatic carbocycles. The average molecular weight is 291 g/mol. The lowest BCUT2D eigenvalue weighted by atomic mass is 9.45. The number of nitrogens with one attached hydrogen (secondary N) is 1. The highest BCUT2D eigenvalue weighted by atomic mass is 16.5. The van der Waals surface area contributed by atoms with Gasteiger partial charge in [0.05, 0.1) is 6.73 Å². The first-order valence-electron chi connectivity index (χ1n) is 7.29. The number of methoxy groups -OCH3 is 1. The largest absolute Gasteiger partial charge is 0.481 e. The topological polar surface area (TPSA) is 78.8 Å². The van der Waals surface area contributed by atoms with Gasteiger partial charge in [0, 0.05) is 19.5 Å². The van der Waals surface area contributed by atoms with Gasteiger partial charge in [-0.25, -0.2) is 0 Å². The second kappa shape index (κ2) is 7.59. The van der Waals surface area contributed by atoms with E-state index in [1.54, 1.807) is 7.11 Å². The average Bonchev–Trinajstić information content (AvgIpc) is 2.46. The summed E-state index contributed by atoms with van der Waals surface area (Å²) in [5, 5.41) is 22.6. The van der Waals surface area contributed by atoms with Crippen LogP contribution >= 0.6 is 0 Å². The molecule has 1 aliphatic rings. The highest BCUT2D eigenvalue weighted by molar-refractivity contribution is 6.53. The van der Waals surface area contributed by atoms with Crippen LogP contribution in [-0.2, 0) is 9.53 Å². The summed E-state index contributed by atoms with van der Waals surface area (Å²) in [5.74, 6) is -0.822. The predicted octanol–water partition coefficient (Wildman–Crippen LogP) is 1.35. The summed E-state index contributed by atoms with van der Waals surface area (Å²) in [7, 11) is 1.60. The van der Waals surface area contributed by atoms with E-state index in [0.717, 1.165) is 12.0 Å². The Morgan fingerprint density at radius 3 is 2.76 bits per heavy atom. The molecule has 1 heterocycles. The first-order chi connectivity index (χ1) is 10.1. The van der Waals surface area contributed by atoms with E-state index < -0.39 is 12.9 Å². The fraction of sp³-hybridized carbons (Fsp3) is 0.533. The van der Waals surface area contributed by atoms with Gasteiger partial charge in [0.1, 0.15) is 0 Å². The zero-order chi connectivity index (χ0) is 15.2. The molecule has 21 heavy (non-hydrogen) atoms. The number of carboxylic acid groups (broad SMARTS) is 1. The third-order valence-corrected chi connectivity index (χ3v) is 4.16. The normalized spacial score (nSPS) is 25.8. The van der Waals surface area contributed by atoms with Gasteiger partial charge in [-0.2, -0.15) is 0 Å². The van der Waals surface area contributed by atoms with Crippen LogP contribution in [0.1, 0.15) is 24.3 Å². The molecule has 6 heteroatoms. The Labute approximate surface area is 125 Å². The first kappa shape index (κ1) is 16.0. The third-order valence-electron chi connectivity index (χ3n) is 4.16. The van der Waals surface area contributed by atoms with Crippen molar-refractivity contribution in [2.45, 2.75) is 31.0 Å². The van der Waals surface area contributed by atoms with E-state index in [1.165, 1.54) is 0 Å². The van der Waals surface area contributed by atoms with Gasteiger partial charge in [0.25, 0.3) is 0 Å². The summed E-state index contributed by atoms with van der Waals surface area (Å²) in [6.45, 7) is -0.197. The predicted molar refractivity (Wildman–Crippen MR) is 81.1 cm³/mol.